The summed E-state index contributed by atoms with van der Waals surface area (Å²) in [6.45, 7) is 3.79. The van der Waals surface area contributed by atoms with E-state index >= 15 is 0 Å². The Morgan fingerprint density at radius 3 is 2.69 bits per heavy atom. The van der Waals surface area contributed by atoms with Crippen LogP contribution >= 0.6 is 0 Å². The quantitative estimate of drug-likeness (QED) is 0.800. The first kappa shape index (κ1) is 18.7. The van der Waals surface area contributed by atoms with Gasteiger partial charge in [0.15, 0.2) is 0 Å². The molecule has 1 aliphatic carbocycles. The largest absolute Gasteiger partial charge is 0.488 e. The molecule has 4 nitrogen and oxygen atoms in total. The second-order valence-electron chi connectivity index (χ2n) is 7.21. The number of aryl methyl sites for hydroxylation is 1. The first-order valence-corrected chi connectivity index (χ1v) is 9.54. The van der Waals surface area contributed by atoms with Crippen molar-refractivity contribution in [3.8, 4) is 5.75 Å². The predicted molar refractivity (Wildman–Crippen MR) is 107 cm³/mol. The van der Waals surface area contributed by atoms with Gasteiger partial charge in [-0.05, 0) is 56.0 Å². The standard InChI is InChI=1S/C22H30N2O2/c1-17-8-6-11-19(16-17)26-21-13-7-12-20(22(21)25)23-14-15-24(2)18-9-4-3-5-10-18/h3-6,8-11,16,20-23,25H,7,12-15H2,1-2H3/t20-,21+,22+/m0/s1. The van der Waals surface area contributed by atoms with Gasteiger partial charge in [0.05, 0.1) is 0 Å². The van der Waals surface area contributed by atoms with E-state index in [1.165, 1.54) is 11.3 Å². The molecule has 26 heavy (non-hydrogen) atoms. The molecule has 0 spiro atoms. The Balaban J connectivity index is 1.49. The van der Waals surface area contributed by atoms with Gasteiger partial charge in [-0.2, -0.15) is 0 Å². The molecule has 0 aliphatic heterocycles. The summed E-state index contributed by atoms with van der Waals surface area (Å²) in [5.41, 5.74) is 2.38. The number of aliphatic hydroxyl groups is 1. The van der Waals surface area contributed by atoms with Crippen LogP contribution in [0.3, 0.4) is 0 Å². The molecule has 2 N–H and O–H groups in total. The van der Waals surface area contributed by atoms with Crippen molar-refractivity contribution in [1.82, 2.24) is 5.32 Å². The van der Waals surface area contributed by atoms with Gasteiger partial charge in [-0.25, -0.2) is 0 Å². The summed E-state index contributed by atoms with van der Waals surface area (Å²) in [5.74, 6) is 0.846. The molecule has 0 saturated heterocycles. The van der Waals surface area contributed by atoms with E-state index in [1.807, 2.05) is 24.3 Å². The van der Waals surface area contributed by atoms with Crippen molar-refractivity contribution in [3.05, 3.63) is 60.2 Å². The second kappa shape index (κ2) is 9.06. The first-order chi connectivity index (χ1) is 12.6. The molecule has 1 saturated carbocycles. The van der Waals surface area contributed by atoms with Crippen LogP contribution in [-0.4, -0.2) is 43.5 Å². The third-order valence-electron chi connectivity index (χ3n) is 5.12. The van der Waals surface area contributed by atoms with Crippen LogP contribution in [0.4, 0.5) is 5.69 Å². The lowest BCUT2D eigenvalue weighted by Gasteiger charge is -2.36. The van der Waals surface area contributed by atoms with Gasteiger partial charge in [-0.15, -0.1) is 0 Å². The van der Waals surface area contributed by atoms with Crippen molar-refractivity contribution in [1.29, 1.82) is 0 Å². The van der Waals surface area contributed by atoms with Crippen LogP contribution in [0.15, 0.2) is 54.6 Å². The summed E-state index contributed by atoms with van der Waals surface area (Å²) in [6.07, 6.45) is 2.34. The molecule has 0 unspecified atom stereocenters. The summed E-state index contributed by atoms with van der Waals surface area (Å²) in [5, 5.41) is 14.3. The Morgan fingerprint density at radius 2 is 1.92 bits per heavy atom. The maximum atomic E-state index is 10.7. The van der Waals surface area contributed by atoms with Crippen LogP contribution in [0.25, 0.3) is 0 Å². The maximum Gasteiger partial charge on any atom is 0.126 e. The Kier molecular flexibility index (Phi) is 6.53. The van der Waals surface area contributed by atoms with Crippen molar-refractivity contribution in [2.45, 2.75) is 44.4 Å². The zero-order valence-corrected chi connectivity index (χ0v) is 15.8. The normalized spacial score (nSPS) is 22.8. The minimum Gasteiger partial charge on any atom is -0.488 e. The molecule has 4 heteroatoms. The van der Waals surface area contributed by atoms with Gasteiger partial charge >= 0.3 is 0 Å². The van der Waals surface area contributed by atoms with E-state index in [2.05, 4.69) is 54.5 Å². The second-order valence-corrected chi connectivity index (χ2v) is 7.21. The molecular weight excluding hydrogens is 324 g/mol. The van der Waals surface area contributed by atoms with Crippen molar-refractivity contribution in [2.75, 3.05) is 25.0 Å². The van der Waals surface area contributed by atoms with Crippen molar-refractivity contribution in [2.24, 2.45) is 0 Å². The van der Waals surface area contributed by atoms with E-state index in [0.717, 1.165) is 38.1 Å². The van der Waals surface area contributed by atoms with E-state index in [1.54, 1.807) is 0 Å². The van der Waals surface area contributed by atoms with E-state index in [4.69, 9.17) is 4.74 Å². The summed E-state index contributed by atoms with van der Waals surface area (Å²) in [7, 11) is 2.10. The molecule has 0 amide bonds. The lowest BCUT2D eigenvalue weighted by molar-refractivity contribution is -0.0150. The highest BCUT2D eigenvalue weighted by Gasteiger charge is 2.33. The molecule has 3 rings (SSSR count). The average molecular weight is 354 g/mol. The zero-order valence-electron chi connectivity index (χ0n) is 15.8. The van der Waals surface area contributed by atoms with Crippen molar-refractivity contribution in [3.63, 3.8) is 0 Å². The lowest BCUT2D eigenvalue weighted by Crippen LogP contribution is -2.52. The van der Waals surface area contributed by atoms with E-state index < -0.39 is 6.10 Å². The van der Waals surface area contributed by atoms with Gasteiger partial charge in [-0.3, -0.25) is 0 Å². The number of ether oxygens (including phenoxy) is 1. The molecule has 1 aliphatic rings. The smallest absolute Gasteiger partial charge is 0.126 e. The SMILES string of the molecule is Cc1cccc(O[C@@H]2CCC[C@H](NCCN(C)c3ccccc3)[C@H]2O)c1. The monoisotopic (exact) mass is 354 g/mol. The summed E-state index contributed by atoms with van der Waals surface area (Å²) in [4.78, 5) is 2.23. The number of hydrogen-bond donors (Lipinski definition) is 2. The Labute approximate surface area is 156 Å². The fourth-order valence-electron chi connectivity index (χ4n) is 3.58. The predicted octanol–water partition coefficient (Wildman–Crippen LogP) is 3.38. The van der Waals surface area contributed by atoms with Gasteiger partial charge in [0.2, 0.25) is 0 Å². The highest BCUT2D eigenvalue weighted by atomic mass is 16.5. The van der Waals surface area contributed by atoms with Gasteiger partial charge < -0.3 is 20.1 Å². The van der Waals surface area contributed by atoms with Gasteiger partial charge in [0.1, 0.15) is 18.0 Å². The van der Waals surface area contributed by atoms with Crippen LogP contribution in [0.2, 0.25) is 0 Å². The third-order valence-corrected chi connectivity index (χ3v) is 5.12. The third kappa shape index (κ3) is 4.99. The number of nitrogens with one attached hydrogen (secondary N) is 1. The maximum absolute atomic E-state index is 10.7. The highest BCUT2D eigenvalue weighted by Crippen LogP contribution is 2.25. The Bertz CT molecular complexity index is 677. The highest BCUT2D eigenvalue weighted by molar-refractivity contribution is 5.44. The molecule has 2 aromatic carbocycles. The number of rotatable bonds is 7. The molecule has 140 valence electrons. The lowest BCUT2D eigenvalue weighted by atomic mass is 9.90. The molecule has 1 fully saturated rings. The topological polar surface area (TPSA) is 44.7 Å². The number of anilines is 1. The fourth-order valence-corrected chi connectivity index (χ4v) is 3.58. The first-order valence-electron chi connectivity index (χ1n) is 9.54. The number of hydrogen-bond acceptors (Lipinski definition) is 4. The molecule has 0 aromatic heterocycles. The molecule has 2 aromatic rings. The van der Waals surface area contributed by atoms with Crippen LogP contribution < -0.4 is 15.0 Å². The van der Waals surface area contributed by atoms with Gasteiger partial charge in [0.25, 0.3) is 0 Å². The van der Waals surface area contributed by atoms with Crippen LogP contribution in [0.1, 0.15) is 24.8 Å². The van der Waals surface area contributed by atoms with E-state index in [-0.39, 0.29) is 12.1 Å². The summed E-state index contributed by atoms with van der Waals surface area (Å²) >= 11 is 0. The number of nitrogens with zero attached hydrogens (tertiary/aromatic N) is 1. The summed E-state index contributed by atoms with van der Waals surface area (Å²) in [6, 6.07) is 18.5. The molecule has 0 radical (unpaired) electrons. The van der Waals surface area contributed by atoms with Crippen molar-refractivity contribution >= 4 is 5.69 Å². The number of likely N-dealkylation sites (N-methyl/N-ethyl adjacent to an activating group) is 1. The van der Waals surface area contributed by atoms with Gasteiger partial charge in [-0.1, -0.05) is 30.3 Å². The van der Waals surface area contributed by atoms with E-state index in [0.29, 0.717) is 0 Å². The summed E-state index contributed by atoms with van der Waals surface area (Å²) < 4.78 is 6.07. The minimum atomic E-state index is -0.480. The number of para-hydroxylation sites is 1. The van der Waals surface area contributed by atoms with Crippen molar-refractivity contribution < 1.29 is 9.84 Å². The van der Waals surface area contributed by atoms with Crippen LogP contribution in [0, 0.1) is 6.92 Å². The van der Waals surface area contributed by atoms with Crippen LogP contribution in [0.5, 0.6) is 5.75 Å². The number of benzene rings is 2. The minimum absolute atomic E-state index is 0.0859. The Morgan fingerprint density at radius 1 is 1.12 bits per heavy atom. The van der Waals surface area contributed by atoms with Gasteiger partial charge in [0, 0.05) is 31.9 Å². The van der Waals surface area contributed by atoms with Crippen LogP contribution in [-0.2, 0) is 0 Å². The Hall–Kier alpha value is -2.04. The number of aliphatic hydroxyl groups excluding tert-OH is 1. The molecule has 3 atom stereocenters. The molecule has 0 bridgehead atoms. The fraction of sp³-hybridized carbons (Fsp3) is 0.455. The van der Waals surface area contributed by atoms with E-state index in [9.17, 15) is 5.11 Å². The average Bonchev–Trinajstić information content (AvgIpc) is 2.65. The zero-order chi connectivity index (χ0) is 18.4. The molecular formula is C22H30N2O2. The molecule has 0 heterocycles.